The van der Waals surface area contributed by atoms with Crippen LogP contribution in [0.1, 0.15) is 35.7 Å². The highest BCUT2D eigenvalue weighted by molar-refractivity contribution is 6.53. The fourth-order valence-corrected chi connectivity index (χ4v) is 2.54. The van der Waals surface area contributed by atoms with E-state index in [2.05, 4.69) is 0 Å². The third kappa shape index (κ3) is 3.13. The molecule has 0 unspecified atom stereocenters. The number of rotatable bonds is 6. The maximum Gasteiger partial charge on any atom is 0.237 e. The molecule has 0 aliphatic heterocycles. The Morgan fingerprint density at radius 2 is 1.84 bits per heavy atom. The Hall–Kier alpha value is -3.09. The number of benzene rings is 1. The van der Waals surface area contributed by atoms with E-state index in [-0.39, 0.29) is 40.4 Å². The molecule has 0 aromatic heterocycles. The molecule has 0 bridgehead atoms. The topological polar surface area (TPSA) is 110 Å². The lowest BCUT2D eigenvalue weighted by molar-refractivity contribution is -0.114. The number of fused-ring (bicyclic) bond motifs is 1. The lowest BCUT2D eigenvalue weighted by atomic mass is 9.87. The maximum absolute atomic E-state index is 12.3. The van der Waals surface area contributed by atoms with Crippen LogP contribution in [0.5, 0.6) is 17.2 Å². The lowest BCUT2D eigenvalue weighted by Crippen LogP contribution is -2.23. The van der Waals surface area contributed by atoms with Crippen molar-refractivity contribution in [1.82, 2.24) is 0 Å². The Bertz CT molecular complexity index is 815. The quantitative estimate of drug-likeness (QED) is 0.601. The number of hydrogen-bond donors (Lipinski definition) is 2. The van der Waals surface area contributed by atoms with Gasteiger partial charge < -0.3 is 19.7 Å². The summed E-state index contributed by atoms with van der Waals surface area (Å²) >= 11 is 0. The van der Waals surface area contributed by atoms with Gasteiger partial charge >= 0.3 is 0 Å². The van der Waals surface area contributed by atoms with Crippen molar-refractivity contribution < 1.29 is 34.1 Å². The zero-order valence-corrected chi connectivity index (χ0v) is 14.1. The van der Waals surface area contributed by atoms with Crippen LogP contribution < -0.4 is 9.47 Å². The van der Waals surface area contributed by atoms with Gasteiger partial charge in [-0.25, -0.2) is 0 Å². The number of aliphatic hydroxyl groups excluding tert-OH is 1. The highest BCUT2D eigenvalue weighted by Gasteiger charge is 2.36. The second-order valence-corrected chi connectivity index (χ2v) is 5.35. The first kappa shape index (κ1) is 18.3. The van der Waals surface area contributed by atoms with Crippen LogP contribution in [0.3, 0.4) is 0 Å². The van der Waals surface area contributed by atoms with Gasteiger partial charge in [0.2, 0.25) is 17.3 Å². The van der Waals surface area contributed by atoms with E-state index in [9.17, 15) is 24.6 Å². The molecule has 0 amide bonds. The molecular formula is C18H18O7. The Balaban J connectivity index is 2.67. The first-order valence-corrected chi connectivity index (χ1v) is 7.58. The van der Waals surface area contributed by atoms with Gasteiger partial charge in [-0.2, -0.15) is 0 Å². The van der Waals surface area contributed by atoms with Crippen LogP contribution in [0.4, 0.5) is 0 Å². The Labute approximate surface area is 144 Å². The number of aliphatic hydroxyl groups is 1. The second kappa shape index (κ2) is 7.21. The van der Waals surface area contributed by atoms with Crippen molar-refractivity contribution in [2.75, 3.05) is 14.2 Å². The molecule has 0 saturated carbocycles. The first-order chi connectivity index (χ1) is 11.9. The largest absolute Gasteiger partial charge is 0.506 e. The molecular weight excluding hydrogens is 328 g/mol. The summed E-state index contributed by atoms with van der Waals surface area (Å²) in [6.45, 7) is 1.83. The summed E-state index contributed by atoms with van der Waals surface area (Å²) in [5.41, 5.74) is -0.788. The average molecular weight is 346 g/mol. The van der Waals surface area contributed by atoms with Crippen LogP contribution in [0.2, 0.25) is 0 Å². The van der Waals surface area contributed by atoms with E-state index in [0.29, 0.717) is 6.42 Å². The van der Waals surface area contributed by atoms with E-state index in [1.807, 2.05) is 6.92 Å². The predicted octanol–water partition coefficient (Wildman–Crippen LogP) is 2.37. The molecule has 0 fully saturated rings. The van der Waals surface area contributed by atoms with Crippen molar-refractivity contribution in [1.29, 1.82) is 0 Å². The average Bonchev–Trinajstić information content (AvgIpc) is 2.59. The number of aromatic hydroxyl groups is 1. The normalized spacial score (nSPS) is 14.0. The van der Waals surface area contributed by atoms with Gasteiger partial charge in [0.15, 0.2) is 17.3 Å². The Kier molecular flexibility index (Phi) is 5.26. The molecule has 132 valence electrons. The van der Waals surface area contributed by atoms with E-state index in [0.717, 1.165) is 12.2 Å². The predicted molar refractivity (Wildman–Crippen MR) is 89.2 cm³/mol. The Morgan fingerprint density at radius 1 is 1.16 bits per heavy atom. The minimum absolute atomic E-state index is 0.0461. The van der Waals surface area contributed by atoms with Crippen molar-refractivity contribution in [2.24, 2.45) is 0 Å². The maximum atomic E-state index is 12.3. The molecule has 0 radical (unpaired) electrons. The lowest BCUT2D eigenvalue weighted by Gasteiger charge is -2.20. The van der Waals surface area contributed by atoms with Crippen LogP contribution in [0.25, 0.3) is 5.76 Å². The van der Waals surface area contributed by atoms with E-state index in [1.165, 1.54) is 20.3 Å². The van der Waals surface area contributed by atoms with Crippen molar-refractivity contribution in [3.63, 3.8) is 0 Å². The van der Waals surface area contributed by atoms with Crippen molar-refractivity contribution in [2.45, 2.75) is 19.8 Å². The zero-order valence-electron chi connectivity index (χ0n) is 14.1. The summed E-state index contributed by atoms with van der Waals surface area (Å²) in [6.07, 6.45) is 3.12. The number of phenolic OH excluding ortho intramolecular Hbond substituents is 1. The molecule has 1 aliphatic rings. The van der Waals surface area contributed by atoms with E-state index < -0.39 is 23.1 Å². The number of phenols is 1. The van der Waals surface area contributed by atoms with Crippen LogP contribution in [0, 0.1) is 0 Å². The first-order valence-electron chi connectivity index (χ1n) is 7.58. The fraction of sp³-hybridized carbons (Fsp3) is 0.278. The van der Waals surface area contributed by atoms with Crippen LogP contribution in [-0.2, 0) is 9.59 Å². The highest BCUT2D eigenvalue weighted by atomic mass is 16.5. The van der Waals surface area contributed by atoms with Gasteiger partial charge in [0.05, 0.1) is 25.4 Å². The minimum Gasteiger partial charge on any atom is -0.506 e. The molecule has 2 rings (SSSR count). The highest BCUT2D eigenvalue weighted by Crippen LogP contribution is 2.46. The van der Waals surface area contributed by atoms with Crippen LogP contribution in [0.15, 0.2) is 23.8 Å². The molecule has 7 heteroatoms. The standard InChI is InChI=1S/C18H18O7/c1-4-5-9(19)6-7-10-14(20)13-11(16(22)15(10)21)8-12(24-2)18(25-3)17(13)23/h6-8,20,23H,4-5H2,1-3H3. The number of carbonyl (C=O) groups excluding carboxylic acids is 3. The SMILES string of the molecule is CCCC(=O)C=CC1=C(O)c2c(cc(OC)c(OC)c2O)C(=O)C1=O. The third-order valence-electron chi connectivity index (χ3n) is 3.76. The van der Waals surface area contributed by atoms with Gasteiger partial charge in [-0.05, 0) is 24.6 Å². The molecule has 0 saturated heterocycles. The number of ketones is 3. The van der Waals surface area contributed by atoms with Crippen LogP contribution >= 0.6 is 0 Å². The fourth-order valence-electron chi connectivity index (χ4n) is 2.54. The smallest absolute Gasteiger partial charge is 0.237 e. The molecule has 0 atom stereocenters. The number of hydrogen-bond acceptors (Lipinski definition) is 7. The molecule has 0 heterocycles. The summed E-state index contributed by atoms with van der Waals surface area (Å²) in [5, 5.41) is 20.8. The number of ether oxygens (including phenoxy) is 2. The number of methoxy groups -OCH3 is 2. The molecule has 2 N–H and O–H groups in total. The van der Waals surface area contributed by atoms with Crippen LogP contribution in [-0.4, -0.2) is 41.8 Å². The van der Waals surface area contributed by atoms with Crippen molar-refractivity contribution in [3.8, 4) is 17.2 Å². The van der Waals surface area contributed by atoms with Crippen molar-refractivity contribution >= 4 is 23.1 Å². The molecule has 7 nitrogen and oxygen atoms in total. The van der Waals surface area contributed by atoms with Gasteiger partial charge in [-0.1, -0.05) is 6.92 Å². The Morgan fingerprint density at radius 3 is 2.40 bits per heavy atom. The van der Waals surface area contributed by atoms with Gasteiger partial charge in [-0.15, -0.1) is 0 Å². The summed E-state index contributed by atoms with van der Waals surface area (Å²) in [6, 6.07) is 1.22. The monoisotopic (exact) mass is 346 g/mol. The molecule has 1 aliphatic carbocycles. The summed E-state index contributed by atoms with van der Waals surface area (Å²) in [7, 11) is 2.59. The van der Waals surface area contributed by atoms with Gasteiger partial charge in [0.1, 0.15) is 5.76 Å². The van der Waals surface area contributed by atoms with E-state index in [4.69, 9.17) is 9.47 Å². The number of allylic oxidation sites excluding steroid dienone is 3. The van der Waals surface area contributed by atoms with Gasteiger partial charge in [0, 0.05) is 12.0 Å². The molecule has 1 aromatic rings. The molecule has 1 aromatic carbocycles. The van der Waals surface area contributed by atoms with E-state index >= 15 is 0 Å². The number of carbonyl (C=O) groups is 3. The third-order valence-corrected chi connectivity index (χ3v) is 3.76. The summed E-state index contributed by atoms with van der Waals surface area (Å²) in [4.78, 5) is 36.2. The minimum atomic E-state index is -0.975. The molecule has 25 heavy (non-hydrogen) atoms. The summed E-state index contributed by atoms with van der Waals surface area (Å²) in [5.74, 6) is -3.31. The summed E-state index contributed by atoms with van der Waals surface area (Å²) < 4.78 is 10.1. The van der Waals surface area contributed by atoms with E-state index in [1.54, 1.807) is 0 Å². The van der Waals surface area contributed by atoms with Crippen molar-refractivity contribution in [3.05, 3.63) is 34.9 Å². The molecule has 0 spiro atoms. The number of Topliss-reactive ketones (excluding diaryl/α,β-unsaturated/α-hetero) is 2. The van der Waals surface area contributed by atoms with Gasteiger partial charge in [-0.3, -0.25) is 14.4 Å². The second-order valence-electron chi connectivity index (χ2n) is 5.35. The zero-order chi connectivity index (χ0) is 18.7. The van der Waals surface area contributed by atoms with Gasteiger partial charge in [0.25, 0.3) is 0 Å².